The molecule has 1 saturated heterocycles. The van der Waals surface area contributed by atoms with Crippen molar-refractivity contribution in [2.45, 2.75) is 12.8 Å². The lowest BCUT2D eigenvalue weighted by molar-refractivity contribution is -0.122. The summed E-state index contributed by atoms with van der Waals surface area (Å²) >= 11 is 0. The molecule has 3 aromatic rings. The van der Waals surface area contributed by atoms with Crippen LogP contribution in [0.15, 0.2) is 48.8 Å². The van der Waals surface area contributed by atoms with E-state index in [2.05, 4.69) is 31.1 Å². The van der Waals surface area contributed by atoms with Crippen LogP contribution in [-0.4, -0.2) is 46.6 Å². The maximum absolute atomic E-state index is 13.4. The highest BCUT2D eigenvalue weighted by molar-refractivity contribution is 5.99. The Balaban J connectivity index is 1.49. The molecule has 1 aromatic carbocycles. The van der Waals surface area contributed by atoms with E-state index < -0.39 is 0 Å². The molecule has 1 atom stereocenters. The predicted octanol–water partition coefficient (Wildman–Crippen LogP) is 2.13. The van der Waals surface area contributed by atoms with E-state index in [9.17, 15) is 14.0 Å². The molecule has 9 heteroatoms. The number of rotatable bonds is 8. The largest absolute Gasteiger partial charge is 0.369 e. The maximum Gasteiger partial charge on any atom is 0.255 e. The van der Waals surface area contributed by atoms with Crippen LogP contribution in [0.3, 0.4) is 0 Å². The van der Waals surface area contributed by atoms with Gasteiger partial charge in [-0.2, -0.15) is 5.10 Å². The van der Waals surface area contributed by atoms with Gasteiger partial charge in [-0.25, -0.2) is 9.37 Å². The highest BCUT2D eigenvalue weighted by Gasteiger charge is 2.25. The van der Waals surface area contributed by atoms with Gasteiger partial charge in [0.15, 0.2) is 0 Å². The SMILES string of the molecule is O=C(NCC1CCNC1=O)c1ccc(-c2cn[nH]c2)nc1NCCc1cccc(F)c1. The Morgan fingerprint density at radius 3 is 2.90 bits per heavy atom. The van der Waals surface area contributed by atoms with Crippen LogP contribution in [-0.2, 0) is 11.2 Å². The van der Waals surface area contributed by atoms with E-state index in [0.29, 0.717) is 43.0 Å². The van der Waals surface area contributed by atoms with E-state index in [1.165, 1.54) is 12.1 Å². The zero-order valence-electron chi connectivity index (χ0n) is 16.8. The standard InChI is InChI=1S/C22H23FN6O2/c23-17-3-1-2-14(10-17)6-8-24-20-18(4-5-19(29-20)16-12-27-28-13-16)22(31)26-11-15-7-9-25-21(15)30/h1-5,10,12-13,15H,6-9,11H2,(H,24,29)(H,25,30)(H,26,31)(H,27,28). The molecule has 8 nitrogen and oxygen atoms in total. The van der Waals surface area contributed by atoms with Crippen molar-refractivity contribution in [3.63, 3.8) is 0 Å². The van der Waals surface area contributed by atoms with Crippen molar-refractivity contribution in [3.05, 3.63) is 65.7 Å². The molecule has 2 aromatic heterocycles. The van der Waals surface area contributed by atoms with Crippen molar-refractivity contribution in [3.8, 4) is 11.3 Å². The molecule has 0 spiro atoms. The van der Waals surface area contributed by atoms with Crippen LogP contribution in [0, 0.1) is 11.7 Å². The molecule has 2 amide bonds. The number of aromatic amines is 1. The minimum Gasteiger partial charge on any atom is -0.369 e. The number of carbonyl (C=O) groups excluding carboxylic acids is 2. The van der Waals surface area contributed by atoms with Crippen LogP contribution in [0.2, 0.25) is 0 Å². The first-order valence-corrected chi connectivity index (χ1v) is 10.1. The Morgan fingerprint density at radius 1 is 1.26 bits per heavy atom. The van der Waals surface area contributed by atoms with Gasteiger partial charge >= 0.3 is 0 Å². The lowest BCUT2D eigenvalue weighted by Gasteiger charge is -2.14. The van der Waals surface area contributed by atoms with Crippen molar-refractivity contribution in [2.24, 2.45) is 5.92 Å². The van der Waals surface area contributed by atoms with Crippen LogP contribution in [0.25, 0.3) is 11.3 Å². The molecular weight excluding hydrogens is 399 g/mol. The lowest BCUT2D eigenvalue weighted by Crippen LogP contribution is -2.33. The first-order chi connectivity index (χ1) is 15.1. The molecule has 1 fully saturated rings. The molecule has 4 rings (SSSR count). The van der Waals surface area contributed by atoms with Gasteiger partial charge in [-0.1, -0.05) is 12.1 Å². The van der Waals surface area contributed by atoms with E-state index in [1.54, 1.807) is 30.6 Å². The summed E-state index contributed by atoms with van der Waals surface area (Å²) in [4.78, 5) is 29.2. The summed E-state index contributed by atoms with van der Waals surface area (Å²) in [6.45, 7) is 1.38. The first-order valence-electron chi connectivity index (χ1n) is 10.1. The Kier molecular flexibility index (Phi) is 6.21. The van der Waals surface area contributed by atoms with Crippen molar-refractivity contribution < 1.29 is 14.0 Å². The Morgan fingerprint density at radius 2 is 2.16 bits per heavy atom. The number of hydrogen-bond donors (Lipinski definition) is 4. The van der Waals surface area contributed by atoms with Gasteiger partial charge < -0.3 is 16.0 Å². The number of pyridine rings is 1. The number of hydrogen-bond acceptors (Lipinski definition) is 5. The van der Waals surface area contributed by atoms with Gasteiger partial charge in [0.25, 0.3) is 5.91 Å². The molecular formula is C22H23FN6O2. The van der Waals surface area contributed by atoms with Gasteiger partial charge in [0, 0.05) is 31.4 Å². The second kappa shape index (κ2) is 9.38. The van der Waals surface area contributed by atoms with Crippen LogP contribution < -0.4 is 16.0 Å². The summed E-state index contributed by atoms with van der Waals surface area (Å²) in [5.74, 6) is -0.426. The number of amides is 2. The molecule has 1 unspecified atom stereocenters. The third-order valence-corrected chi connectivity index (χ3v) is 5.20. The third-order valence-electron chi connectivity index (χ3n) is 5.20. The van der Waals surface area contributed by atoms with Gasteiger partial charge in [0.1, 0.15) is 11.6 Å². The lowest BCUT2D eigenvalue weighted by atomic mass is 10.1. The summed E-state index contributed by atoms with van der Waals surface area (Å²) < 4.78 is 13.4. The minimum atomic E-state index is -0.306. The van der Waals surface area contributed by atoms with Crippen LogP contribution in [0.5, 0.6) is 0 Å². The van der Waals surface area contributed by atoms with Gasteiger partial charge in [-0.15, -0.1) is 0 Å². The average molecular weight is 422 g/mol. The smallest absolute Gasteiger partial charge is 0.255 e. The van der Waals surface area contributed by atoms with Crippen molar-refractivity contribution in [1.29, 1.82) is 0 Å². The fourth-order valence-corrected chi connectivity index (χ4v) is 3.50. The Labute approximate surface area is 178 Å². The Bertz CT molecular complexity index is 1070. The zero-order chi connectivity index (χ0) is 21.6. The second-order valence-electron chi connectivity index (χ2n) is 7.37. The van der Waals surface area contributed by atoms with Gasteiger partial charge in [-0.3, -0.25) is 14.7 Å². The fourth-order valence-electron chi connectivity index (χ4n) is 3.50. The van der Waals surface area contributed by atoms with E-state index in [1.807, 2.05) is 6.07 Å². The molecule has 0 saturated carbocycles. The van der Waals surface area contributed by atoms with E-state index >= 15 is 0 Å². The topological polar surface area (TPSA) is 112 Å². The predicted molar refractivity (Wildman–Crippen MR) is 114 cm³/mol. The van der Waals surface area contributed by atoms with E-state index in [-0.39, 0.29) is 30.1 Å². The summed E-state index contributed by atoms with van der Waals surface area (Å²) in [7, 11) is 0. The van der Waals surface area contributed by atoms with Crippen molar-refractivity contribution in [1.82, 2.24) is 25.8 Å². The number of benzene rings is 1. The third kappa shape index (κ3) is 5.06. The number of nitrogens with zero attached hydrogens (tertiary/aromatic N) is 2. The number of halogens is 1. The van der Waals surface area contributed by atoms with E-state index in [4.69, 9.17) is 0 Å². The molecule has 1 aliphatic rings. The number of carbonyl (C=O) groups is 2. The van der Waals surface area contributed by atoms with Crippen LogP contribution >= 0.6 is 0 Å². The molecule has 0 aliphatic carbocycles. The number of aromatic nitrogens is 3. The number of H-pyrrole nitrogens is 1. The fraction of sp³-hybridized carbons (Fsp3) is 0.273. The highest BCUT2D eigenvalue weighted by atomic mass is 19.1. The first kappa shape index (κ1) is 20.5. The summed E-state index contributed by atoms with van der Waals surface area (Å²) in [5.41, 5.74) is 2.68. The molecule has 31 heavy (non-hydrogen) atoms. The molecule has 0 bridgehead atoms. The summed E-state index contributed by atoms with van der Waals surface area (Å²) in [6, 6.07) is 9.85. The Hall–Kier alpha value is -3.75. The normalized spacial score (nSPS) is 15.5. The second-order valence-corrected chi connectivity index (χ2v) is 7.37. The molecule has 0 radical (unpaired) electrons. The monoisotopic (exact) mass is 422 g/mol. The van der Waals surface area contributed by atoms with Crippen molar-refractivity contribution in [2.75, 3.05) is 25.0 Å². The molecule has 1 aliphatic heterocycles. The van der Waals surface area contributed by atoms with Crippen LogP contribution in [0.1, 0.15) is 22.3 Å². The highest BCUT2D eigenvalue weighted by Crippen LogP contribution is 2.21. The van der Waals surface area contributed by atoms with Gasteiger partial charge in [0.2, 0.25) is 5.91 Å². The number of nitrogens with one attached hydrogen (secondary N) is 4. The molecule has 4 N–H and O–H groups in total. The van der Waals surface area contributed by atoms with Gasteiger partial charge in [-0.05, 0) is 42.7 Å². The summed E-state index contributed by atoms with van der Waals surface area (Å²) in [6.07, 6.45) is 4.64. The maximum atomic E-state index is 13.4. The zero-order valence-corrected chi connectivity index (χ0v) is 16.8. The quantitative estimate of drug-likeness (QED) is 0.444. The summed E-state index contributed by atoms with van der Waals surface area (Å²) in [5, 5.41) is 15.5. The van der Waals surface area contributed by atoms with E-state index in [0.717, 1.165) is 11.1 Å². The van der Waals surface area contributed by atoms with Crippen LogP contribution in [0.4, 0.5) is 10.2 Å². The average Bonchev–Trinajstić information content (AvgIpc) is 3.44. The molecule has 160 valence electrons. The van der Waals surface area contributed by atoms with Crippen molar-refractivity contribution >= 4 is 17.6 Å². The number of anilines is 1. The van der Waals surface area contributed by atoms with Gasteiger partial charge in [0.05, 0.1) is 23.4 Å². The molecule has 3 heterocycles. The minimum absolute atomic E-state index is 0.0397.